The average Bonchev–Trinajstić information content (AvgIpc) is 2.70. The van der Waals surface area contributed by atoms with Gasteiger partial charge in [-0.3, -0.25) is 0 Å². The predicted molar refractivity (Wildman–Crippen MR) is 125 cm³/mol. The summed E-state index contributed by atoms with van der Waals surface area (Å²) >= 11 is 0. The maximum absolute atomic E-state index is 5.98. The molecule has 0 aromatic heterocycles. The van der Waals surface area contributed by atoms with Crippen molar-refractivity contribution in [1.82, 2.24) is 0 Å². The molecule has 158 valence electrons. The fraction of sp³-hybridized carbons (Fsp3) is 0.357. The molecular formula is C28H34O2. The standard InChI is InChI=1S/C28H34O2/c1-27(2,3)23-14-10-21(11-15-23)19-29-25-8-7-9-26(18-25)30-20-22-12-16-24(17-13-22)28(4,5)6/h7-18H,19-20H2,1-6H3. The minimum atomic E-state index is 0.165. The highest BCUT2D eigenvalue weighted by atomic mass is 16.5. The van der Waals surface area contributed by atoms with Gasteiger partial charge >= 0.3 is 0 Å². The van der Waals surface area contributed by atoms with Crippen molar-refractivity contribution in [2.45, 2.75) is 65.6 Å². The van der Waals surface area contributed by atoms with E-state index in [4.69, 9.17) is 9.47 Å². The van der Waals surface area contributed by atoms with Crippen LogP contribution in [0.15, 0.2) is 72.8 Å². The number of ether oxygens (including phenoxy) is 2. The van der Waals surface area contributed by atoms with Crippen molar-refractivity contribution in [2.24, 2.45) is 0 Å². The molecule has 0 saturated carbocycles. The molecule has 2 nitrogen and oxygen atoms in total. The van der Waals surface area contributed by atoms with E-state index in [9.17, 15) is 0 Å². The number of hydrogen-bond acceptors (Lipinski definition) is 2. The first-order valence-electron chi connectivity index (χ1n) is 10.7. The Morgan fingerprint density at radius 1 is 0.533 bits per heavy atom. The molecule has 0 aliphatic rings. The highest BCUT2D eigenvalue weighted by Gasteiger charge is 2.13. The molecule has 30 heavy (non-hydrogen) atoms. The second kappa shape index (κ2) is 8.95. The fourth-order valence-corrected chi connectivity index (χ4v) is 3.19. The molecule has 2 heteroatoms. The lowest BCUT2D eigenvalue weighted by Gasteiger charge is -2.19. The molecule has 0 N–H and O–H groups in total. The van der Waals surface area contributed by atoms with Crippen LogP contribution in [0, 0.1) is 0 Å². The van der Waals surface area contributed by atoms with Crippen molar-refractivity contribution in [3.63, 3.8) is 0 Å². The third-order valence-electron chi connectivity index (χ3n) is 5.26. The Labute approximate surface area is 181 Å². The SMILES string of the molecule is CC(C)(C)c1ccc(COc2cccc(OCc3ccc(C(C)(C)C)cc3)c2)cc1. The van der Waals surface area contributed by atoms with E-state index < -0.39 is 0 Å². The molecule has 3 aromatic carbocycles. The zero-order valence-corrected chi connectivity index (χ0v) is 19.2. The Morgan fingerprint density at radius 3 is 1.23 bits per heavy atom. The molecule has 0 heterocycles. The summed E-state index contributed by atoms with van der Waals surface area (Å²) in [6.45, 7) is 14.4. The van der Waals surface area contributed by atoms with Gasteiger partial charge in [-0.2, -0.15) is 0 Å². The van der Waals surface area contributed by atoms with E-state index in [1.54, 1.807) is 0 Å². The van der Waals surface area contributed by atoms with Crippen LogP contribution in [0.4, 0.5) is 0 Å². The summed E-state index contributed by atoms with van der Waals surface area (Å²) in [5.41, 5.74) is 5.31. The van der Waals surface area contributed by atoms with Crippen LogP contribution in [-0.4, -0.2) is 0 Å². The van der Waals surface area contributed by atoms with Gasteiger partial charge in [0.15, 0.2) is 0 Å². The Morgan fingerprint density at radius 2 is 0.900 bits per heavy atom. The molecule has 0 amide bonds. The van der Waals surface area contributed by atoms with Gasteiger partial charge in [-0.15, -0.1) is 0 Å². The molecule has 0 spiro atoms. The highest BCUT2D eigenvalue weighted by molar-refractivity contribution is 5.34. The van der Waals surface area contributed by atoms with E-state index in [1.807, 2.05) is 24.3 Å². The first-order valence-corrected chi connectivity index (χ1v) is 10.7. The summed E-state index contributed by atoms with van der Waals surface area (Å²) in [7, 11) is 0. The average molecular weight is 403 g/mol. The third kappa shape index (κ3) is 6.13. The Bertz CT molecular complexity index is 863. The maximum atomic E-state index is 5.98. The zero-order valence-electron chi connectivity index (χ0n) is 19.2. The number of hydrogen-bond donors (Lipinski definition) is 0. The Hall–Kier alpha value is -2.74. The molecule has 3 rings (SSSR count). The molecule has 0 radical (unpaired) electrons. The predicted octanol–water partition coefficient (Wildman–Crippen LogP) is 7.44. The minimum absolute atomic E-state index is 0.165. The Kier molecular flexibility index (Phi) is 6.55. The largest absolute Gasteiger partial charge is 0.489 e. The molecule has 0 aliphatic carbocycles. The normalized spacial score (nSPS) is 11.9. The van der Waals surface area contributed by atoms with Gasteiger partial charge < -0.3 is 9.47 Å². The molecule has 0 atom stereocenters. The Balaban J connectivity index is 1.56. The van der Waals surface area contributed by atoms with E-state index >= 15 is 0 Å². The third-order valence-corrected chi connectivity index (χ3v) is 5.26. The summed E-state index contributed by atoms with van der Waals surface area (Å²) in [4.78, 5) is 0. The van der Waals surface area contributed by atoms with Crippen LogP contribution in [0.2, 0.25) is 0 Å². The second-order valence-electron chi connectivity index (χ2n) is 9.95. The van der Waals surface area contributed by atoms with E-state index in [1.165, 1.54) is 11.1 Å². The molecule has 3 aromatic rings. The summed E-state index contributed by atoms with van der Waals surface area (Å²) in [6, 6.07) is 25.2. The van der Waals surface area contributed by atoms with Crippen LogP contribution in [0.1, 0.15) is 63.8 Å². The lowest BCUT2D eigenvalue weighted by molar-refractivity contribution is 0.290. The van der Waals surface area contributed by atoms with Gasteiger partial charge in [0, 0.05) is 6.07 Å². The van der Waals surface area contributed by atoms with Crippen molar-refractivity contribution in [3.05, 3.63) is 95.1 Å². The molecule has 0 fully saturated rings. The van der Waals surface area contributed by atoms with Gasteiger partial charge in [-0.05, 0) is 45.2 Å². The lowest BCUT2D eigenvalue weighted by atomic mass is 9.87. The first kappa shape index (κ1) is 22.0. The number of benzene rings is 3. The van der Waals surface area contributed by atoms with Gasteiger partial charge in [-0.1, -0.05) is 96.1 Å². The first-order chi connectivity index (χ1) is 14.1. The van der Waals surface area contributed by atoms with Gasteiger partial charge in [0.1, 0.15) is 24.7 Å². The van der Waals surface area contributed by atoms with Crippen LogP contribution in [-0.2, 0) is 24.0 Å². The van der Waals surface area contributed by atoms with Gasteiger partial charge in [0.2, 0.25) is 0 Å². The maximum Gasteiger partial charge on any atom is 0.123 e. The van der Waals surface area contributed by atoms with Crippen LogP contribution < -0.4 is 9.47 Å². The van der Waals surface area contributed by atoms with Crippen molar-refractivity contribution in [2.75, 3.05) is 0 Å². The minimum Gasteiger partial charge on any atom is -0.489 e. The van der Waals surface area contributed by atoms with Gasteiger partial charge in [0.05, 0.1) is 0 Å². The lowest BCUT2D eigenvalue weighted by Crippen LogP contribution is -2.10. The second-order valence-corrected chi connectivity index (χ2v) is 9.95. The topological polar surface area (TPSA) is 18.5 Å². The highest BCUT2D eigenvalue weighted by Crippen LogP contribution is 2.25. The molecule has 0 bridgehead atoms. The van der Waals surface area contributed by atoms with Crippen molar-refractivity contribution < 1.29 is 9.47 Å². The van der Waals surface area contributed by atoms with Crippen molar-refractivity contribution >= 4 is 0 Å². The van der Waals surface area contributed by atoms with Crippen molar-refractivity contribution in [3.8, 4) is 11.5 Å². The molecule has 0 unspecified atom stereocenters. The summed E-state index contributed by atoms with van der Waals surface area (Å²) < 4.78 is 12.0. The van der Waals surface area contributed by atoms with Gasteiger partial charge in [-0.25, -0.2) is 0 Å². The number of rotatable bonds is 6. The van der Waals surface area contributed by atoms with E-state index in [0.29, 0.717) is 13.2 Å². The van der Waals surface area contributed by atoms with Gasteiger partial charge in [0.25, 0.3) is 0 Å². The van der Waals surface area contributed by atoms with E-state index in [-0.39, 0.29) is 10.8 Å². The van der Waals surface area contributed by atoms with Crippen LogP contribution in [0.3, 0.4) is 0 Å². The monoisotopic (exact) mass is 402 g/mol. The van der Waals surface area contributed by atoms with Crippen molar-refractivity contribution in [1.29, 1.82) is 0 Å². The van der Waals surface area contributed by atoms with Crippen LogP contribution >= 0.6 is 0 Å². The van der Waals surface area contributed by atoms with E-state index in [2.05, 4.69) is 90.1 Å². The summed E-state index contributed by atoms with van der Waals surface area (Å²) in [5.74, 6) is 1.63. The fourth-order valence-electron chi connectivity index (χ4n) is 3.19. The quantitative estimate of drug-likeness (QED) is 0.426. The molecule has 0 saturated heterocycles. The van der Waals surface area contributed by atoms with Crippen LogP contribution in [0.25, 0.3) is 0 Å². The molecular weight excluding hydrogens is 368 g/mol. The van der Waals surface area contributed by atoms with Crippen LogP contribution in [0.5, 0.6) is 11.5 Å². The summed E-state index contributed by atoms with van der Waals surface area (Å²) in [5, 5.41) is 0. The zero-order chi connectivity index (χ0) is 21.8. The smallest absolute Gasteiger partial charge is 0.123 e. The van der Waals surface area contributed by atoms with E-state index in [0.717, 1.165) is 22.6 Å². The summed E-state index contributed by atoms with van der Waals surface area (Å²) in [6.07, 6.45) is 0. The molecule has 0 aliphatic heterocycles.